The van der Waals surface area contributed by atoms with Crippen LogP contribution in [0.4, 0.5) is 4.79 Å². The molecule has 2 heterocycles. The summed E-state index contributed by atoms with van der Waals surface area (Å²) in [5.74, 6) is 0. The second-order valence-corrected chi connectivity index (χ2v) is 8.94. The van der Waals surface area contributed by atoms with E-state index in [1.807, 2.05) is 18.7 Å². The van der Waals surface area contributed by atoms with Gasteiger partial charge in [0.1, 0.15) is 0 Å². The van der Waals surface area contributed by atoms with Crippen LogP contribution in [0.5, 0.6) is 0 Å². The summed E-state index contributed by atoms with van der Waals surface area (Å²) in [4.78, 5) is 17.9. The molecule has 28 heavy (non-hydrogen) atoms. The van der Waals surface area contributed by atoms with Crippen molar-refractivity contribution in [2.24, 2.45) is 7.05 Å². The molecule has 0 bridgehead atoms. The van der Waals surface area contributed by atoms with Gasteiger partial charge in [-0.1, -0.05) is 12.8 Å². The Kier molecular flexibility index (Phi) is 5.65. The van der Waals surface area contributed by atoms with Crippen molar-refractivity contribution in [2.75, 3.05) is 32.8 Å². The van der Waals surface area contributed by atoms with Gasteiger partial charge in [0.2, 0.25) is 0 Å². The Hall–Kier alpha value is -1.60. The Morgan fingerprint density at radius 2 is 1.93 bits per heavy atom. The molecule has 3 aliphatic rings. The topological polar surface area (TPSA) is 62.6 Å². The fraction of sp³-hybridized carbons (Fsp3) is 0.810. The Morgan fingerprint density at radius 3 is 2.50 bits per heavy atom. The monoisotopic (exact) mass is 389 g/mol. The second-order valence-electron chi connectivity index (χ2n) is 8.94. The number of hydrogen-bond acceptors (Lipinski definition) is 4. The molecule has 0 atom stereocenters. The molecule has 2 aliphatic carbocycles. The van der Waals surface area contributed by atoms with Gasteiger partial charge in [-0.2, -0.15) is 5.10 Å². The number of ether oxygens (including phenoxy) is 1. The lowest BCUT2D eigenvalue weighted by Gasteiger charge is -2.39. The standard InChI is InChI=1S/C21H35N5O2/c1-16-19(17(2)24(3)23-16)14-26(18-6-7-18)20(27)22-21(8-4-5-9-21)15-25-10-12-28-13-11-25/h18H,4-15H2,1-3H3,(H,22,27). The van der Waals surface area contributed by atoms with Crippen LogP contribution in [0.3, 0.4) is 0 Å². The van der Waals surface area contributed by atoms with E-state index in [1.54, 1.807) is 0 Å². The number of rotatable bonds is 6. The lowest BCUT2D eigenvalue weighted by molar-refractivity contribution is 0.0245. The van der Waals surface area contributed by atoms with E-state index in [4.69, 9.17) is 4.74 Å². The SMILES string of the molecule is Cc1nn(C)c(C)c1CN(C(=O)NC1(CN2CCOCC2)CCCC1)C1CC1. The third kappa shape index (κ3) is 4.20. The Bertz CT molecular complexity index is 700. The van der Waals surface area contributed by atoms with E-state index in [1.165, 1.54) is 18.4 Å². The molecule has 3 fully saturated rings. The highest BCUT2D eigenvalue weighted by molar-refractivity contribution is 5.76. The highest BCUT2D eigenvalue weighted by atomic mass is 16.5. The van der Waals surface area contributed by atoms with Gasteiger partial charge in [-0.05, 0) is 39.5 Å². The summed E-state index contributed by atoms with van der Waals surface area (Å²) in [6, 6.07) is 0.487. The van der Waals surface area contributed by atoms with Crippen molar-refractivity contribution >= 4 is 6.03 Å². The molecule has 1 aromatic heterocycles. The maximum Gasteiger partial charge on any atom is 0.318 e. The van der Waals surface area contributed by atoms with Gasteiger partial charge in [0.15, 0.2) is 0 Å². The number of aryl methyl sites for hydroxylation is 2. The third-order valence-electron chi connectivity index (χ3n) is 6.80. The largest absolute Gasteiger partial charge is 0.379 e. The summed E-state index contributed by atoms with van der Waals surface area (Å²) < 4.78 is 7.42. The zero-order valence-electron chi connectivity index (χ0n) is 17.7. The van der Waals surface area contributed by atoms with Crippen LogP contribution >= 0.6 is 0 Å². The average Bonchev–Trinajstić information content (AvgIpc) is 3.36. The minimum Gasteiger partial charge on any atom is -0.379 e. The average molecular weight is 390 g/mol. The van der Waals surface area contributed by atoms with Crippen LogP contribution < -0.4 is 5.32 Å². The summed E-state index contributed by atoms with van der Waals surface area (Å²) in [6.07, 6.45) is 6.80. The molecule has 0 spiro atoms. The quantitative estimate of drug-likeness (QED) is 0.811. The van der Waals surface area contributed by atoms with E-state index in [0.717, 1.165) is 69.9 Å². The molecule has 1 N–H and O–H groups in total. The predicted octanol–water partition coefficient (Wildman–Crippen LogP) is 2.36. The maximum absolute atomic E-state index is 13.4. The van der Waals surface area contributed by atoms with Crippen molar-refractivity contribution in [3.05, 3.63) is 17.0 Å². The molecule has 1 aliphatic heterocycles. The summed E-state index contributed by atoms with van der Waals surface area (Å²) in [5, 5.41) is 8.04. The molecular formula is C21H35N5O2. The molecule has 2 saturated carbocycles. The summed E-state index contributed by atoms with van der Waals surface area (Å²) >= 11 is 0. The number of nitrogens with one attached hydrogen (secondary N) is 1. The highest BCUT2D eigenvalue weighted by Gasteiger charge is 2.41. The molecule has 7 nitrogen and oxygen atoms in total. The van der Waals surface area contributed by atoms with E-state index in [9.17, 15) is 4.79 Å². The van der Waals surface area contributed by atoms with Crippen molar-refractivity contribution in [3.63, 3.8) is 0 Å². The van der Waals surface area contributed by atoms with Crippen LogP contribution in [0.1, 0.15) is 55.5 Å². The smallest absolute Gasteiger partial charge is 0.318 e. The van der Waals surface area contributed by atoms with Crippen LogP contribution in [-0.2, 0) is 18.3 Å². The summed E-state index contributed by atoms with van der Waals surface area (Å²) in [7, 11) is 1.98. The number of carbonyl (C=O) groups excluding carboxylic acids is 1. The van der Waals surface area contributed by atoms with Crippen LogP contribution in [0, 0.1) is 13.8 Å². The van der Waals surface area contributed by atoms with Gasteiger partial charge >= 0.3 is 6.03 Å². The molecule has 1 saturated heterocycles. The van der Waals surface area contributed by atoms with Gasteiger partial charge in [-0.25, -0.2) is 4.79 Å². The predicted molar refractivity (Wildman–Crippen MR) is 108 cm³/mol. The molecular weight excluding hydrogens is 354 g/mol. The van der Waals surface area contributed by atoms with Crippen molar-refractivity contribution in [1.29, 1.82) is 0 Å². The van der Waals surface area contributed by atoms with Crippen molar-refractivity contribution in [2.45, 2.75) is 70.5 Å². The first-order valence-electron chi connectivity index (χ1n) is 10.9. The molecule has 7 heteroatoms. The van der Waals surface area contributed by atoms with E-state index < -0.39 is 0 Å². The third-order valence-corrected chi connectivity index (χ3v) is 6.80. The van der Waals surface area contributed by atoms with Gasteiger partial charge < -0.3 is 15.0 Å². The molecule has 0 radical (unpaired) electrons. The van der Waals surface area contributed by atoms with Gasteiger partial charge in [0, 0.05) is 44.0 Å². The Balaban J connectivity index is 1.47. The first-order valence-corrected chi connectivity index (χ1v) is 10.9. The lowest BCUT2D eigenvalue weighted by Crippen LogP contribution is -2.58. The fourth-order valence-corrected chi connectivity index (χ4v) is 4.83. The molecule has 0 unspecified atom stereocenters. The highest BCUT2D eigenvalue weighted by Crippen LogP contribution is 2.34. The van der Waals surface area contributed by atoms with E-state index in [-0.39, 0.29) is 11.6 Å². The van der Waals surface area contributed by atoms with E-state index in [0.29, 0.717) is 12.6 Å². The molecule has 2 amide bonds. The number of amides is 2. The van der Waals surface area contributed by atoms with Gasteiger partial charge in [0.25, 0.3) is 0 Å². The maximum atomic E-state index is 13.4. The van der Waals surface area contributed by atoms with E-state index >= 15 is 0 Å². The zero-order valence-corrected chi connectivity index (χ0v) is 17.7. The Morgan fingerprint density at radius 1 is 1.25 bits per heavy atom. The number of aromatic nitrogens is 2. The molecule has 4 rings (SSSR count). The minimum absolute atomic E-state index is 0.0827. The number of hydrogen-bond donors (Lipinski definition) is 1. The van der Waals surface area contributed by atoms with Crippen molar-refractivity contribution in [3.8, 4) is 0 Å². The summed E-state index contributed by atoms with van der Waals surface area (Å²) in [6.45, 7) is 9.30. The van der Waals surface area contributed by atoms with E-state index in [2.05, 4.69) is 27.1 Å². The zero-order chi connectivity index (χ0) is 19.7. The lowest BCUT2D eigenvalue weighted by atomic mass is 9.96. The van der Waals surface area contributed by atoms with Crippen LogP contribution in [0.2, 0.25) is 0 Å². The van der Waals surface area contributed by atoms with Crippen LogP contribution in [0.15, 0.2) is 0 Å². The second kappa shape index (κ2) is 8.03. The fourth-order valence-electron chi connectivity index (χ4n) is 4.83. The number of morpholine rings is 1. The molecule has 1 aromatic rings. The van der Waals surface area contributed by atoms with Gasteiger partial charge in [0.05, 0.1) is 31.0 Å². The first-order chi connectivity index (χ1) is 13.5. The van der Waals surface area contributed by atoms with Crippen molar-refractivity contribution < 1.29 is 9.53 Å². The van der Waals surface area contributed by atoms with Gasteiger partial charge in [-0.15, -0.1) is 0 Å². The molecule has 0 aromatic carbocycles. The number of nitrogens with zero attached hydrogens (tertiary/aromatic N) is 4. The van der Waals surface area contributed by atoms with Crippen LogP contribution in [0.25, 0.3) is 0 Å². The minimum atomic E-state index is -0.0827. The number of urea groups is 1. The first kappa shape index (κ1) is 19.7. The summed E-state index contributed by atoms with van der Waals surface area (Å²) in [5.41, 5.74) is 3.29. The number of carbonyl (C=O) groups is 1. The normalized spacial score (nSPS) is 22.4. The van der Waals surface area contributed by atoms with Crippen molar-refractivity contribution in [1.82, 2.24) is 24.9 Å². The molecule has 156 valence electrons. The van der Waals surface area contributed by atoms with Gasteiger partial charge in [-0.3, -0.25) is 9.58 Å². The Labute approximate surface area is 168 Å². The van der Waals surface area contributed by atoms with Crippen LogP contribution in [-0.4, -0.2) is 70.0 Å².